The van der Waals surface area contributed by atoms with Crippen LogP contribution in [0, 0.1) is 0 Å². The van der Waals surface area contributed by atoms with Crippen LogP contribution in [-0.2, 0) is 11.3 Å². The molecule has 2 aromatic rings. The Hall–Kier alpha value is -2.24. The van der Waals surface area contributed by atoms with Crippen LogP contribution in [0.1, 0.15) is 30.0 Å². The minimum Gasteiger partial charge on any atom is -0.486 e. The standard InChI is InChI=1S/C21H23ClN2O3/c22-17-5-2-1-4-16(17)13-23-21(25)14-24-9-3-6-18(24)15-7-8-19-20(12-15)27-11-10-26-19/h1-2,4-5,7-8,12,18H,3,6,9-11,13-14H2,(H,23,25). The van der Waals surface area contributed by atoms with E-state index in [0.29, 0.717) is 31.3 Å². The lowest BCUT2D eigenvalue weighted by Gasteiger charge is -2.26. The lowest BCUT2D eigenvalue weighted by Crippen LogP contribution is -2.36. The molecule has 6 heteroatoms. The summed E-state index contributed by atoms with van der Waals surface area (Å²) in [4.78, 5) is 14.7. The van der Waals surface area contributed by atoms with Gasteiger partial charge in [-0.05, 0) is 48.7 Å². The van der Waals surface area contributed by atoms with Crippen molar-refractivity contribution in [3.8, 4) is 11.5 Å². The number of benzene rings is 2. The van der Waals surface area contributed by atoms with Crippen molar-refractivity contribution in [2.45, 2.75) is 25.4 Å². The van der Waals surface area contributed by atoms with E-state index < -0.39 is 0 Å². The summed E-state index contributed by atoms with van der Waals surface area (Å²) in [5.74, 6) is 1.61. The predicted octanol–water partition coefficient (Wildman–Crippen LogP) is 3.56. The second kappa shape index (κ2) is 8.19. The summed E-state index contributed by atoms with van der Waals surface area (Å²) in [5.41, 5.74) is 2.10. The molecule has 2 aliphatic rings. The number of carbonyl (C=O) groups excluding carboxylic acids is 1. The molecule has 1 saturated heterocycles. The second-order valence-electron chi connectivity index (χ2n) is 6.90. The Balaban J connectivity index is 1.38. The van der Waals surface area contributed by atoms with Gasteiger partial charge in [0, 0.05) is 17.6 Å². The summed E-state index contributed by atoms with van der Waals surface area (Å²) < 4.78 is 11.3. The number of fused-ring (bicyclic) bond motifs is 1. The topological polar surface area (TPSA) is 50.8 Å². The van der Waals surface area contributed by atoms with Crippen molar-refractivity contribution in [3.63, 3.8) is 0 Å². The number of likely N-dealkylation sites (tertiary alicyclic amines) is 1. The number of nitrogens with zero attached hydrogens (tertiary/aromatic N) is 1. The summed E-state index contributed by atoms with van der Waals surface area (Å²) in [6, 6.07) is 13.9. The van der Waals surface area contributed by atoms with Gasteiger partial charge in [0.25, 0.3) is 0 Å². The third kappa shape index (κ3) is 4.20. The van der Waals surface area contributed by atoms with Gasteiger partial charge in [-0.2, -0.15) is 0 Å². The molecule has 5 nitrogen and oxygen atoms in total. The Bertz CT molecular complexity index is 827. The van der Waals surface area contributed by atoms with Crippen molar-refractivity contribution in [1.82, 2.24) is 10.2 Å². The van der Waals surface area contributed by atoms with Gasteiger partial charge in [0.1, 0.15) is 13.2 Å². The van der Waals surface area contributed by atoms with Crippen molar-refractivity contribution in [2.24, 2.45) is 0 Å². The third-order valence-electron chi connectivity index (χ3n) is 5.10. The fourth-order valence-electron chi connectivity index (χ4n) is 3.74. The zero-order valence-electron chi connectivity index (χ0n) is 15.1. The van der Waals surface area contributed by atoms with E-state index in [-0.39, 0.29) is 11.9 Å². The first kappa shape index (κ1) is 18.1. The number of hydrogen-bond acceptors (Lipinski definition) is 4. The lowest BCUT2D eigenvalue weighted by molar-refractivity contribution is -0.122. The number of nitrogens with one attached hydrogen (secondary N) is 1. The van der Waals surface area contributed by atoms with Crippen LogP contribution in [0.2, 0.25) is 5.02 Å². The van der Waals surface area contributed by atoms with E-state index in [1.165, 1.54) is 5.56 Å². The van der Waals surface area contributed by atoms with Crippen molar-refractivity contribution >= 4 is 17.5 Å². The molecule has 0 radical (unpaired) electrons. The molecular weight excluding hydrogens is 364 g/mol. The van der Waals surface area contributed by atoms with Gasteiger partial charge in [-0.1, -0.05) is 35.9 Å². The molecular formula is C21H23ClN2O3. The van der Waals surface area contributed by atoms with Crippen LogP contribution in [0.4, 0.5) is 0 Å². The van der Waals surface area contributed by atoms with Crippen LogP contribution in [0.5, 0.6) is 11.5 Å². The molecule has 2 aliphatic heterocycles. The van der Waals surface area contributed by atoms with E-state index >= 15 is 0 Å². The van der Waals surface area contributed by atoms with Gasteiger partial charge in [0.15, 0.2) is 11.5 Å². The highest BCUT2D eigenvalue weighted by atomic mass is 35.5. The highest BCUT2D eigenvalue weighted by Gasteiger charge is 2.28. The van der Waals surface area contributed by atoms with E-state index in [1.807, 2.05) is 30.3 Å². The zero-order chi connectivity index (χ0) is 18.6. The highest BCUT2D eigenvalue weighted by Crippen LogP contribution is 2.37. The minimum atomic E-state index is 0.0133. The Kier molecular flexibility index (Phi) is 5.50. The van der Waals surface area contributed by atoms with Crippen LogP contribution in [0.15, 0.2) is 42.5 Å². The molecule has 1 unspecified atom stereocenters. The Morgan fingerprint density at radius 3 is 2.81 bits per heavy atom. The van der Waals surface area contributed by atoms with E-state index in [1.54, 1.807) is 0 Å². The number of carbonyl (C=O) groups is 1. The monoisotopic (exact) mass is 386 g/mol. The molecule has 0 saturated carbocycles. The Morgan fingerprint density at radius 2 is 1.96 bits per heavy atom. The molecule has 2 aromatic carbocycles. The third-order valence-corrected chi connectivity index (χ3v) is 5.46. The lowest BCUT2D eigenvalue weighted by atomic mass is 10.0. The van der Waals surface area contributed by atoms with Gasteiger partial charge in [-0.15, -0.1) is 0 Å². The van der Waals surface area contributed by atoms with Gasteiger partial charge in [-0.25, -0.2) is 0 Å². The molecule has 0 aliphatic carbocycles. The van der Waals surface area contributed by atoms with Crippen molar-refractivity contribution in [2.75, 3.05) is 26.3 Å². The maximum Gasteiger partial charge on any atom is 0.234 e. The maximum absolute atomic E-state index is 12.5. The molecule has 4 rings (SSSR count). The molecule has 1 N–H and O–H groups in total. The van der Waals surface area contributed by atoms with Crippen molar-refractivity contribution < 1.29 is 14.3 Å². The smallest absolute Gasteiger partial charge is 0.234 e. The zero-order valence-corrected chi connectivity index (χ0v) is 15.9. The van der Waals surface area contributed by atoms with Gasteiger partial charge < -0.3 is 14.8 Å². The molecule has 0 spiro atoms. The molecule has 1 atom stereocenters. The first-order valence-electron chi connectivity index (χ1n) is 9.34. The van der Waals surface area contributed by atoms with Gasteiger partial charge in [0.05, 0.1) is 6.54 Å². The van der Waals surface area contributed by atoms with Crippen LogP contribution >= 0.6 is 11.6 Å². The summed E-state index contributed by atoms with van der Waals surface area (Å²) in [7, 11) is 0. The van der Waals surface area contributed by atoms with Crippen molar-refractivity contribution in [1.29, 1.82) is 0 Å². The normalized spacial score (nSPS) is 19.1. The van der Waals surface area contributed by atoms with Gasteiger partial charge in [-0.3, -0.25) is 9.69 Å². The van der Waals surface area contributed by atoms with Crippen LogP contribution < -0.4 is 14.8 Å². The average Bonchev–Trinajstić information content (AvgIpc) is 3.15. The fraction of sp³-hybridized carbons (Fsp3) is 0.381. The molecule has 0 bridgehead atoms. The highest BCUT2D eigenvalue weighted by molar-refractivity contribution is 6.31. The second-order valence-corrected chi connectivity index (χ2v) is 7.31. The first-order valence-corrected chi connectivity index (χ1v) is 9.72. The van der Waals surface area contributed by atoms with Crippen molar-refractivity contribution in [3.05, 3.63) is 58.6 Å². The molecule has 27 heavy (non-hydrogen) atoms. The molecule has 2 heterocycles. The van der Waals surface area contributed by atoms with E-state index in [2.05, 4.69) is 22.3 Å². The molecule has 142 valence electrons. The fourth-order valence-corrected chi connectivity index (χ4v) is 3.94. The molecule has 1 fully saturated rings. The quantitative estimate of drug-likeness (QED) is 0.853. The Labute approximate surface area is 164 Å². The minimum absolute atomic E-state index is 0.0133. The largest absolute Gasteiger partial charge is 0.486 e. The van der Waals surface area contributed by atoms with Crippen LogP contribution in [0.25, 0.3) is 0 Å². The van der Waals surface area contributed by atoms with E-state index in [9.17, 15) is 4.79 Å². The van der Waals surface area contributed by atoms with Crippen LogP contribution in [0.3, 0.4) is 0 Å². The van der Waals surface area contributed by atoms with Crippen LogP contribution in [-0.4, -0.2) is 37.1 Å². The number of ether oxygens (including phenoxy) is 2. The summed E-state index contributed by atoms with van der Waals surface area (Å²) in [6.07, 6.45) is 2.12. The first-order chi connectivity index (χ1) is 13.2. The number of halogens is 1. The number of hydrogen-bond donors (Lipinski definition) is 1. The number of amides is 1. The maximum atomic E-state index is 12.5. The molecule has 1 amide bonds. The van der Waals surface area contributed by atoms with Gasteiger partial charge in [0.2, 0.25) is 5.91 Å². The average molecular weight is 387 g/mol. The summed E-state index contributed by atoms with van der Waals surface area (Å²) in [5, 5.41) is 3.65. The Morgan fingerprint density at radius 1 is 1.15 bits per heavy atom. The van der Waals surface area contributed by atoms with E-state index in [4.69, 9.17) is 21.1 Å². The number of rotatable bonds is 5. The SMILES string of the molecule is O=C(CN1CCCC1c1ccc2c(c1)OCCO2)NCc1ccccc1Cl. The summed E-state index contributed by atoms with van der Waals surface area (Å²) >= 11 is 6.16. The molecule has 0 aromatic heterocycles. The van der Waals surface area contributed by atoms with E-state index in [0.717, 1.165) is 36.4 Å². The van der Waals surface area contributed by atoms with Gasteiger partial charge >= 0.3 is 0 Å². The summed E-state index contributed by atoms with van der Waals surface area (Å²) in [6.45, 7) is 2.91. The predicted molar refractivity (Wildman–Crippen MR) is 104 cm³/mol.